The van der Waals surface area contributed by atoms with E-state index in [-0.39, 0.29) is 0 Å². The molecular weight excluding hydrogens is 419 g/mol. The second-order valence-electron chi connectivity index (χ2n) is 6.46. The average Bonchev–Trinajstić information content (AvgIpc) is 2.76. The van der Waals surface area contributed by atoms with Crippen molar-refractivity contribution in [3.63, 3.8) is 0 Å². The van der Waals surface area contributed by atoms with Gasteiger partial charge in [0.05, 0.1) is 0 Å². The lowest BCUT2D eigenvalue weighted by molar-refractivity contribution is 0.152. The van der Waals surface area contributed by atoms with E-state index in [1.54, 1.807) is 48.5 Å². The predicted molar refractivity (Wildman–Crippen MR) is 120 cm³/mol. The zero-order valence-corrected chi connectivity index (χ0v) is 17.2. The molecule has 0 amide bonds. The number of benzene rings is 4. The molecule has 0 bridgehead atoms. The van der Waals surface area contributed by atoms with Gasteiger partial charge in [-0.25, -0.2) is 4.79 Å². The Labute approximate surface area is 184 Å². The molecule has 0 heterocycles. The van der Waals surface area contributed by atoms with E-state index in [4.69, 9.17) is 32.7 Å². The zero-order chi connectivity index (χ0) is 20.9. The molecule has 0 aliphatic carbocycles. The monoisotopic (exact) mass is 434 g/mol. The number of para-hydroxylation sites is 2. The maximum atomic E-state index is 12.6. The Morgan fingerprint density at radius 1 is 0.533 bits per heavy atom. The van der Waals surface area contributed by atoms with Crippen molar-refractivity contribution in [1.29, 1.82) is 0 Å². The van der Waals surface area contributed by atoms with Crippen molar-refractivity contribution in [1.82, 2.24) is 0 Å². The maximum absolute atomic E-state index is 12.6. The van der Waals surface area contributed by atoms with Crippen molar-refractivity contribution in [2.75, 3.05) is 0 Å². The summed E-state index contributed by atoms with van der Waals surface area (Å²) in [5.74, 6) is 0.794. The summed E-state index contributed by atoms with van der Waals surface area (Å²) in [5.41, 5.74) is 3.28. The first kappa shape index (κ1) is 20.0. The fraction of sp³-hybridized carbons (Fsp3) is 0. The molecule has 5 heteroatoms. The molecule has 0 unspecified atom stereocenters. The van der Waals surface area contributed by atoms with Crippen molar-refractivity contribution in [3.05, 3.63) is 107 Å². The molecular formula is C25H16Cl2O3. The van der Waals surface area contributed by atoms with E-state index >= 15 is 0 Å². The second kappa shape index (κ2) is 9.04. The number of rotatable bonds is 4. The van der Waals surface area contributed by atoms with Gasteiger partial charge in [-0.2, -0.15) is 0 Å². The van der Waals surface area contributed by atoms with Gasteiger partial charge in [-0.15, -0.1) is 0 Å². The minimum Gasteiger partial charge on any atom is -0.394 e. The summed E-state index contributed by atoms with van der Waals surface area (Å²) >= 11 is 11.9. The van der Waals surface area contributed by atoms with Crippen molar-refractivity contribution in [2.24, 2.45) is 0 Å². The summed E-state index contributed by atoms with van der Waals surface area (Å²) in [6, 6.07) is 29.1. The number of carbonyl (C=O) groups excluding carboxylic acids is 1. The van der Waals surface area contributed by atoms with E-state index in [2.05, 4.69) is 0 Å². The van der Waals surface area contributed by atoms with E-state index in [0.29, 0.717) is 21.5 Å². The molecule has 0 aliphatic heterocycles. The second-order valence-corrected chi connectivity index (χ2v) is 7.33. The fourth-order valence-corrected chi connectivity index (χ4v) is 3.30. The summed E-state index contributed by atoms with van der Waals surface area (Å²) in [6.07, 6.45) is -0.821. The van der Waals surface area contributed by atoms with Crippen molar-refractivity contribution in [3.8, 4) is 33.8 Å². The van der Waals surface area contributed by atoms with Gasteiger partial charge in [0.15, 0.2) is 0 Å². The highest BCUT2D eigenvalue weighted by Gasteiger charge is 2.15. The van der Waals surface area contributed by atoms with Crippen LogP contribution in [-0.2, 0) is 0 Å². The molecule has 30 heavy (non-hydrogen) atoms. The van der Waals surface area contributed by atoms with Gasteiger partial charge in [0.25, 0.3) is 0 Å². The number of ether oxygens (including phenoxy) is 2. The van der Waals surface area contributed by atoms with E-state index in [9.17, 15) is 4.79 Å². The average molecular weight is 435 g/mol. The maximum Gasteiger partial charge on any atom is 0.519 e. The highest BCUT2D eigenvalue weighted by atomic mass is 35.5. The van der Waals surface area contributed by atoms with Crippen LogP contribution in [0.15, 0.2) is 97.1 Å². The number of hydrogen-bond donors (Lipinski definition) is 0. The van der Waals surface area contributed by atoms with Gasteiger partial charge < -0.3 is 9.47 Å². The summed E-state index contributed by atoms with van der Waals surface area (Å²) in [5, 5.41) is 1.27. The molecule has 148 valence electrons. The lowest BCUT2D eigenvalue weighted by Gasteiger charge is -2.12. The SMILES string of the molecule is O=C(Oc1ccccc1-c1ccc(Cl)cc1)Oc1ccccc1-c1ccc(Cl)cc1. The van der Waals surface area contributed by atoms with Crippen molar-refractivity contribution in [2.45, 2.75) is 0 Å². The quantitative estimate of drug-likeness (QED) is 0.241. The minimum absolute atomic E-state index is 0.397. The van der Waals surface area contributed by atoms with Crippen LogP contribution in [0, 0.1) is 0 Å². The fourth-order valence-electron chi connectivity index (χ4n) is 3.05. The number of halogens is 2. The highest BCUT2D eigenvalue weighted by molar-refractivity contribution is 6.30. The van der Waals surface area contributed by atoms with Gasteiger partial charge in [0, 0.05) is 21.2 Å². The third-order valence-electron chi connectivity index (χ3n) is 4.47. The Balaban J connectivity index is 1.57. The first-order valence-electron chi connectivity index (χ1n) is 9.20. The van der Waals surface area contributed by atoms with E-state index in [1.165, 1.54) is 0 Å². The Morgan fingerprint density at radius 2 is 0.900 bits per heavy atom. The van der Waals surface area contributed by atoms with Crippen LogP contribution in [0.5, 0.6) is 11.5 Å². The van der Waals surface area contributed by atoms with E-state index in [1.807, 2.05) is 48.5 Å². The Hall–Kier alpha value is -3.27. The number of hydrogen-bond acceptors (Lipinski definition) is 3. The predicted octanol–water partition coefficient (Wildman–Crippen LogP) is 7.91. The molecule has 0 atom stereocenters. The van der Waals surface area contributed by atoms with Gasteiger partial charge >= 0.3 is 6.16 Å². The molecule has 0 fully saturated rings. The largest absolute Gasteiger partial charge is 0.519 e. The number of carbonyl (C=O) groups is 1. The van der Waals surface area contributed by atoms with Crippen LogP contribution in [0.25, 0.3) is 22.3 Å². The molecule has 0 aliphatic rings. The summed E-state index contributed by atoms with van der Waals surface area (Å²) in [6.45, 7) is 0. The molecule has 0 aromatic heterocycles. The van der Waals surface area contributed by atoms with Gasteiger partial charge in [0.1, 0.15) is 11.5 Å². The molecule has 4 aromatic carbocycles. The molecule has 0 saturated heterocycles. The first-order chi connectivity index (χ1) is 14.6. The molecule has 4 rings (SSSR count). The Kier molecular flexibility index (Phi) is 6.03. The Morgan fingerprint density at radius 3 is 1.30 bits per heavy atom. The van der Waals surface area contributed by atoms with Crippen LogP contribution in [0.1, 0.15) is 0 Å². The van der Waals surface area contributed by atoms with Crippen LogP contribution in [0.3, 0.4) is 0 Å². The standard InChI is InChI=1S/C25H16Cl2O3/c26-19-13-9-17(10-14-19)21-5-1-3-7-23(21)29-25(28)30-24-8-4-2-6-22(24)18-11-15-20(27)16-12-18/h1-16H. The Bertz CT molecular complexity index is 1080. The topological polar surface area (TPSA) is 35.5 Å². The van der Waals surface area contributed by atoms with Crippen LogP contribution in [-0.4, -0.2) is 6.16 Å². The lowest BCUT2D eigenvalue weighted by atomic mass is 10.0. The third-order valence-corrected chi connectivity index (χ3v) is 4.98. The molecule has 0 N–H and O–H groups in total. The smallest absolute Gasteiger partial charge is 0.394 e. The lowest BCUT2D eigenvalue weighted by Crippen LogP contribution is -2.14. The molecule has 0 spiro atoms. The van der Waals surface area contributed by atoms with Crippen LogP contribution in [0.2, 0.25) is 10.0 Å². The first-order valence-corrected chi connectivity index (χ1v) is 9.95. The van der Waals surface area contributed by atoms with Crippen molar-refractivity contribution >= 4 is 29.4 Å². The van der Waals surface area contributed by atoms with Gasteiger partial charge in [-0.1, -0.05) is 83.9 Å². The van der Waals surface area contributed by atoms with Gasteiger partial charge in [0.2, 0.25) is 0 Å². The summed E-state index contributed by atoms with van der Waals surface area (Å²) in [7, 11) is 0. The van der Waals surface area contributed by atoms with Crippen molar-refractivity contribution < 1.29 is 14.3 Å². The molecule has 3 nitrogen and oxygen atoms in total. The van der Waals surface area contributed by atoms with E-state index < -0.39 is 6.16 Å². The normalized spacial score (nSPS) is 10.5. The zero-order valence-electron chi connectivity index (χ0n) is 15.7. The van der Waals surface area contributed by atoms with Gasteiger partial charge in [-0.3, -0.25) is 0 Å². The van der Waals surface area contributed by atoms with Crippen LogP contribution in [0.4, 0.5) is 4.79 Å². The van der Waals surface area contributed by atoms with Crippen LogP contribution >= 0.6 is 23.2 Å². The molecule has 0 radical (unpaired) electrons. The molecule has 0 saturated carbocycles. The minimum atomic E-state index is -0.821. The summed E-state index contributed by atoms with van der Waals surface area (Å²) < 4.78 is 11.1. The summed E-state index contributed by atoms with van der Waals surface area (Å²) in [4.78, 5) is 12.6. The van der Waals surface area contributed by atoms with E-state index in [0.717, 1.165) is 22.3 Å². The van der Waals surface area contributed by atoms with Crippen LogP contribution < -0.4 is 9.47 Å². The molecule has 4 aromatic rings. The third kappa shape index (κ3) is 4.65. The highest BCUT2D eigenvalue weighted by Crippen LogP contribution is 2.33. The van der Waals surface area contributed by atoms with Gasteiger partial charge in [-0.05, 0) is 47.5 Å².